The van der Waals surface area contributed by atoms with Crippen molar-refractivity contribution in [3.8, 4) is 21.8 Å². The van der Waals surface area contributed by atoms with Crippen molar-refractivity contribution in [1.82, 2.24) is 4.98 Å². The number of ether oxygens (including phenoxy) is 1. The minimum Gasteiger partial charge on any atom is -0.462 e. The lowest BCUT2D eigenvalue weighted by Gasteiger charge is -2.02. The first-order valence-electron chi connectivity index (χ1n) is 7.16. The predicted molar refractivity (Wildman–Crippen MR) is 94.0 cm³/mol. The van der Waals surface area contributed by atoms with Gasteiger partial charge in [-0.2, -0.15) is 0 Å². The number of carbonyl (C=O) groups excluding carboxylic acids is 1. The third-order valence-electron chi connectivity index (χ3n) is 3.29. The monoisotopic (exact) mass is 343 g/mol. The van der Waals surface area contributed by atoms with Gasteiger partial charge in [-0.05, 0) is 31.2 Å². The minimum absolute atomic E-state index is 0.306. The van der Waals surface area contributed by atoms with Gasteiger partial charge in [0.25, 0.3) is 0 Å². The highest BCUT2D eigenvalue weighted by atomic mass is 35.5. The van der Waals surface area contributed by atoms with E-state index in [0.29, 0.717) is 17.2 Å². The van der Waals surface area contributed by atoms with Crippen LogP contribution in [0.2, 0.25) is 5.02 Å². The summed E-state index contributed by atoms with van der Waals surface area (Å²) in [6.07, 6.45) is 0. The molecule has 3 rings (SSSR count). The molecule has 0 saturated heterocycles. The van der Waals surface area contributed by atoms with Gasteiger partial charge in [0, 0.05) is 21.5 Å². The zero-order valence-corrected chi connectivity index (χ0v) is 14.0. The maximum absolute atomic E-state index is 11.7. The van der Waals surface area contributed by atoms with Crippen molar-refractivity contribution in [2.75, 3.05) is 6.61 Å². The van der Waals surface area contributed by atoms with Crippen LogP contribution in [0.3, 0.4) is 0 Å². The molecule has 5 heteroatoms. The maximum atomic E-state index is 11.7. The molecule has 1 heterocycles. The van der Waals surface area contributed by atoms with Crippen molar-refractivity contribution < 1.29 is 9.53 Å². The number of hydrogen-bond acceptors (Lipinski definition) is 4. The van der Waals surface area contributed by atoms with Crippen molar-refractivity contribution in [1.29, 1.82) is 0 Å². The first-order valence-corrected chi connectivity index (χ1v) is 8.42. The summed E-state index contributed by atoms with van der Waals surface area (Å²) in [5, 5.41) is 3.65. The quantitative estimate of drug-likeness (QED) is 0.603. The molecular weight excluding hydrogens is 330 g/mol. The molecule has 23 heavy (non-hydrogen) atoms. The van der Waals surface area contributed by atoms with E-state index in [1.807, 2.05) is 41.8 Å². The molecule has 0 fully saturated rings. The fraction of sp³-hybridized carbons (Fsp3) is 0.111. The van der Waals surface area contributed by atoms with Crippen molar-refractivity contribution in [3.63, 3.8) is 0 Å². The van der Waals surface area contributed by atoms with Gasteiger partial charge in [-0.25, -0.2) is 9.78 Å². The van der Waals surface area contributed by atoms with Crippen molar-refractivity contribution in [2.45, 2.75) is 6.92 Å². The minimum atomic E-state index is -0.306. The summed E-state index contributed by atoms with van der Waals surface area (Å²) < 4.78 is 4.98. The van der Waals surface area contributed by atoms with Crippen LogP contribution in [-0.2, 0) is 4.74 Å². The third-order valence-corrected chi connectivity index (χ3v) is 4.43. The summed E-state index contributed by atoms with van der Waals surface area (Å²) in [6.45, 7) is 2.16. The molecule has 0 spiro atoms. The maximum Gasteiger partial charge on any atom is 0.338 e. The lowest BCUT2D eigenvalue weighted by atomic mass is 10.1. The molecule has 0 radical (unpaired) electrons. The molecule has 0 amide bonds. The highest BCUT2D eigenvalue weighted by Crippen LogP contribution is 2.29. The van der Waals surface area contributed by atoms with Crippen molar-refractivity contribution in [3.05, 3.63) is 64.5 Å². The topological polar surface area (TPSA) is 39.2 Å². The van der Waals surface area contributed by atoms with Crippen LogP contribution in [0.4, 0.5) is 0 Å². The van der Waals surface area contributed by atoms with E-state index in [1.165, 1.54) is 0 Å². The second-order valence-electron chi connectivity index (χ2n) is 4.84. The Morgan fingerprint density at radius 3 is 2.39 bits per heavy atom. The lowest BCUT2D eigenvalue weighted by molar-refractivity contribution is 0.0526. The Bertz CT molecular complexity index is 810. The summed E-state index contributed by atoms with van der Waals surface area (Å²) in [6, 6.07) is 14.9. The van der Waals surface area contributed by atoms with E-state index >= 15 is 0 Å². The number of nitrogens with zero attached hydrogens (tertiary/aromatic N) is 1. The zero-order valence-electron chi connectivity index (χ0n) is 12.5. The van der Waals surface area contributed by atoms with Gasteiger partial charge in [0.15, 0.2) is 0 Å². The van der Waals surface area contributed by atoms with Crippen LogP contribution >= 0.6 is 22.9 Å². The van der Waals surface area contributed by atoms with Crippen molar-refractivity contribution in [2.24, 2.45) is 0 Å². The molecule has 0 atom stereocenters. The molecule has 0 aliphatic heterocycles. The summed E-state index contributed by atoms with van der Waals surface area (Å²) in [5.41, 5.74) is 3.43. The molecule has 0 aliphatic carbocycles. The number of hydrogen-bond donors (Lipinski definition) is 0. The molecule has 0 unspecified atom stereocenters. The van der Waals surface area contributed by atoms with Crippen molar-refractivity contribution >= 4 is 28.9 Å². The number of rotatable bonds is 4. The molecule has 0 N–H and O–H groups in total. The van der Waals surface area contributed by atoms with Gasteiger partial charge in [0.05, 0.1) is 17.9 Å². The normalized spacial score (nSPS) is 10.5. The molecule has 116 valence electrons. The van der Waals surface area contributed by atoms with E-state index in [2.05, 4.69) is 4.98 Å². The number of esters is 1. The lowest BCUT2D eigenvalue weighted by Crippen LogP contribution is -2.03. The average Bonchev–Trinajstić information content (AvgIpc) is 3.06. The molecule has 1 aromatic heterocycles. The van der Waals surface area contributed by atoms with Gasteiger partial charge < -0.3 is 4.74 Å². The zero-order chi connectivity index (χ0) is 16.2. The van der Waals surface area contributed by atoms with Gasteiger partial charge >= 0.3 is 5.97 Å². The third kappa shape index (κ3) is 3.60. The van der Waals surface area contributed by atoms with E-state index < -0.39 is 0 Å². The largest absolute Gasteiger partial charge is 0.462 e. The first kappa shape index (κ1) is 15.7. The number of halogens is 1. The fourth-order valence-corrected chi connectivity index (χ4v) is 3.08. The molecule has 3 aromatic rings. The van der Waals surface area contributed by atoms with Crippen LogP contribution in [0.25, 0.3) is 21.8 Å². The second-order valence-corrected chi connectivity index (χ2v) is 6.14. The number of carbonyl (C=O) groups is 1. The first-order chi connectivity index (χ1) is 11.2. The SMILES string of the molecule is CCOC(=O)c1ccc(-c2csc(-c3ccc(Cl)cc3)n2)cc1. The van der Waals surface area contributed by atoms with Crippen LogP contribution in [0.1, 0.15) is 17.3 Å². The Morgan fingerprint density at radius 2 is 1.74 bits per heavy atom. The molecule has 3 nitrogen and oxygen atoms in total. The Labute approximate surface area is 143 Å². The van der Waals surface area contributed by atoms with Crippen LogP contribution in [0.15, 0.2) is 53.9 Å². The van der Waals surface area contributed by atoms with E-state index in [4.69, 9.17) is 16.3 Å². The smallest absolute Gasteiger partial charge is 0.338 e. The van der Waals surface area contributed by atoms with Crippen LogP contribution in [0.5, 0.6) is 0 Å². The number of aromatic nitrogens is 1. The average molecular weight is 344 g/mol. The molecule has 0 saturated carbocycles. The standard InChI is InChI=1S/C18H14ClNO2S/c1-2-22-18(21)14-5-3-12(4-6-14)16-11-23-17(20-16)13-7-9-15(19)10-8-13/h3-11H,2H2,1H3. The van der Waals surface area contributed by atoms with Gasteiger partial charge in [0.2, 0.25) is 0 Å². The highest BCUT2D eigenvalue weighted by Gasteiger charge is 2.09. The summed E-state index contributed by atoms with van der Waals surface area (Å²) in [5.74, 6) is -0.306. The number of benzene rings is 2. The van der Waals surface area contributed by atoms with Crippen LogP contribution in [-0.4, -0.2) is 17.6 Å². The number of thiazole rings is 1. The van der Waals surface area contributed by atoms with Gasteiger partial charge in [-0.1, -0.05) is 35.9 Å². The Kier molecular flexibility index (Phi) is 4.74. The van der Waals surface area contributed by atoms with E-state index in [0.717, 1.165) is 21.8 Å². The molecule has 0 bridgehead atoms. The summed E-state index contributed by atoms with van der Waals surface area (Å²) in [7, 11) is 0. The van der Waals surface area contributed by atoms with Gasteiger partial charge in [-0.3, -0.25) is 0 Å². The molecular formula is C18H14ClNO2S. The molecule has 0 aliphatic rings. The Morgan fingerprint density at radius 1 is 1.09 bits per heavy atom. The highest BCUT2D eigenvalue weighted by molar-refractivity contribution is 7.13. The second kappa shape index (κ2) is 6.94. The van der Waals surface area contributed by atoms with Gasteiger partial charge in [0.1, 0.15) is 5.01 Å². The summed E-state index contributed by atoms with van der Waals surface area (Å²) in [4.78, 5) is 16.3. The fourth-order valence-electron chi connectivity index (χ4n) is 2.12. The summed E-state index contributed by atoms with van der Waals surface area (Å²) >= 11 is 7.48. The van der Waals surface area contributed by atoms with Crippen LogP contribution < -0.4 is 0 Å². The molecule has 2 aromatic carbocycles. The Balaban J connectivity index is 1.83. The predicted octanol–water partition coefficient (Wildman–Crippen LogP) is 5.31. The van der Waals surface area contributed by atoms with Crippen LogP contribution in [0, 0.1) is 0 Å². The Hall–Kier alpha value is -2.17. The van der Waals surface area contributed by atoms with E-state index in [1.54, 1.807) is 30.4 Å². The van der Waals surface area contributed by atoms with Gasteiger partial charge in [-0.15, -0.1) is 11.3 Å². The van der Waals surface area contributed by atoms with E-state index in [-0.39, 0.29) is 5.97 Å². The van der Waals surface area contributed by atoms with E-state index in [9.17, 15) is 4.79 Å².